The molecule has 0 bridgehead atoms. The van der Waals surface area contributed by atoms with Crippen molar-refractivity contribution in [1.29, 1.82) is 0 Å². The summed E-state index contributed by atoms with van der Waals surface area (Å²) in [6.07, 6.45) is -0.112. The molecule has 0 aromatic heterocycles. The van der Waals surface area contributed by atoms with Crippen LogP contribution in [-0.4, -0.2) is 35.2 Å². The van der Waals surface area contributed by atoms with Gasteiger partial charge in [-0.05, 0) is 53.4 Å². The molecule has 1 N–H and O–H groups in total. The van der Waals surface area contributed by atoms with E-state index in [0.29, 0.717) is 22.6 Å². The lowest BCUT2D eigenvalue weighted by molar-refractivity contribution is -0.139. The number of carbonyl (C=O) groups is 2. The van der Waals surface area contributed by atoms with E-state index >= 15 is 0 Å². The fourth-order valence-electron chi connectivity index (χ4n) is 3.93. The molecule has 4 rings (SSSR count). The number of carboxylic acid groups (broad SMARTS) is 1. The number of hydrogen-bond acceptors (Lipinski definition) is 4. The quantitative estimate of drug-likeness (QED) is 0.535. The molecule has 8 heteroatoms. The summed E-state index contributed by atoms with van der Waals surface area (Å²) in [6, 6.07) is 17.8. The Kier molecular flexibility index (Phi) is 6.79. The number of carbonyl (C=O) groups excluding carboxylic acids is 1. The summed E-state index contributed by atoms with van der Waals surface area (Å²) < 4.78 is 25.0. The van der Waals surface area contributed by atoms with Gasteiger partial charge in [-0.1, -0.05) is 48.0 Å². The fourth-order valence-corrected chi connectivity index (χ4v) is 4.11. The third-order valence-corrected chi connectivity index (χ3v) is 5.63. The van der Waals surface area contributed by atoms with Crippen LogP contribution in [0.4, 0.5) is 9.18 Å². The topological polar surface area (TPSA) is 76.1 Å². The monoisotopic (exact) mass is 469 g/mol. The number of amides is 1. The average Bonchev–Trinajstić information content (AvgIpc) is 2.81. The van der Waals surface area contributed by atoms with Crippen LogP contribution in [0.5, 0.6) is 5.75 Å². The standard InChI is InChI=1S/C25H21ClFNO5/c26-18-6-9-22(32-15-23(29)30)21(13-18)24-20-8-7-19(27)12-17(20)10-11-28(24)25(31)33-14-16-4-2-1-3-5-16/h1-9,12-13,24H,10-11,14-15H2,(H,29,30)/t24-/m0/s1. The third kappa shape index (κ3) is 5.26. The molecule has 0 saturated carbocycles. The van der Waals surface area contributed by atoms with E-state index in [1.807, 2.05) is 30.3 Å². The van der Waals surface area contributed by atoms with Crippen LogP contribution in [0.3, 0.4) is 0 Å². The summed E-state index contributed by atoms with van der Waals surface area (Å²) >= 11 is 6.25. The molecule has 1 amide bonds. The Morgan fingerprint density at radius 2 is 1.85 bits per heavy atom. The Bertz CT molecular complexity index is 1170. The van der Waals surface area contributed by atoms with E-state index < -0.39 is 24.7 Å². The van der Waals surface area contributed by atoms with Gasteiger partial charge >= 0.3 is 12.1 Å². The Balaban J connectivity index is 1.72. The van der Waals surface area contributed by atoms with Crippen LogP contribution < -0.4 is 4.74 Å². The Labute approximate surface area is 195 Å². The minimum Gasteiger partial charge on any atom is -0.482 e. The summed E-state index contributed by atoms with van der Waals surface area (Å²) in [7, 11) is 0. The maximum atomic E-state index is 13.9. The lowest BCUT2D eigenvalue weighted by atomic mass is 9.88. The van der Waals surface area contributed by atoms with Gasteiger partial charge in [0.1, 0.15) is 18.2 Å². The molecule has 0 unspecified atom stereocenters. The number of fused-ring (bicyclic) bond motifs is 1. The van der Waals surface area contributed by atoms with Crippen LogP contribution in [0.15, 0.2) is 66.7 Å². The number of aliphatic carboxylic acids is 1. The van der Waals surface area contributed by atoms with E-state index in [0.717, 1.165) is 11.1 Å². The van der Waals surface area contributed by atoms with Crippen molar-refractivity contribution >= 4 is 23.7 Å². The summed E-state index contributed by atoms with van der Waals surface area (Å²) in [6.45, 7) is -0.188. The van der Waals surface area contributed by atoms with Crippen LogP contribution in [0.25, 0.3) is 0 Å². The zero-order valence-corrected chi connectivity index (χ0v) is 18.3. The lowest BCUT2D eigenvalue weighted by Gasteiger charge is -2.37. The summed E-state index contributed by atoms with van der Waals surface area (Å²) in [4.78, 5) is 25.8. The van der Waals surface area contributed by atoms with Crippen molar-refractivity contribution in [2.24, 2.45) is 0 Å². The highest BCUT2D eigenvalue weighted by atomic mass is 35.5. The Hall–Kier alpha value is -3.58. The van der Waals surface area contributed by atoms with Gasteiger partial charge in [0.2, 0.25) is 0 Å². The van der Waals surface area contributed by atoms with Crippen LogP contribution in [-0.2, 0) is 22.6 Å². The zero-order chi connectivity index (χ0) is 23.4. The largest absolute Gasteiger partial charge is 0.482 e. The molecule has 1 aliphatic heterocycles. The van der Waals surface area contributed by atoms with Crippen LogP contribution >= 0.6 is 11.6 Å². The van der Waals surface area contributed by atoms with Crippen molar-refractivity contribution in [3.05, 3.63) is 99.8 Å². The smallest absolute Gasteiger partial charge is 0.410 e. The number of nitrogens with zero attached hydrogens (tertiary/aromatic N) is 1. The van der Waals surface area contributed by atoms with Crippen molar-refractivity contribution in [3.8, 4) is 5.75 Å². The van der Waals surface area contributed by atoms with Crippen molar-refractivity contribution in [3.63, 3.8) is 0 Å². The number of hydrogen-bond donors (Lipinski definition) is 1. The molecule has 3 aromatic carbocycles. The van der Waals surface area contributed by atoms with Crippen LogP contribution in [0.1, 0.15) is 28.3 Å². The van der Waals surface area contributed by atoms with Crippen molar-refractivity contribution in [1.82, 2.24) is 4.90 Å². The maximum Gasteiger partial charge on any atom is 0.410 e. The van der Waals surface area contributed by atoms with Gasteiger partial charge in [0, 0.05) is 17.1 Å². The normalized spacial score (nSPS) is 15.0. The van der Waals surface area contributed by atoms with E-state index in [1.165, 1.54) is 17.0 Å². The van der Waals surface area contributed by atoms with Crippen molar-refractivity contribution < 1.29 is 28.6 Å². The van der Waals surface area contributed by atoms with E-state index in [2.05, 4.69) is 0 Å². The van der Waals surface area contributed by atoms with Gasteiger partial charge in [0.15, 0.2) is 6.61 Å². The second-order valence-electron chi connectivity index (χ2n) is 7.59. The molecule has 3 aromatic rings. The molecular formula is C25H21ClFNO5. The van der Waals surface area contributed by atoms with Crippen LogP contribution in [0, 0.1) is 5.82 Å². The third-order valence-electron chi connectivity index (χ3n) is 5.39. The van der Waals surface area contributed by atoms with E-state index in [4.69, 9.17) is 26.2 Å². The van der Waals surface area contributed by atoms with E-state index in [-0.39, 0.29) is 24.7 Å². The van der Waals surface area contributed by atoms with Crippen molar-refractivity contribution in [2.45, 2.75) is 19.1 Å². The van der Waals surface area contributed by atoms with Crippen LogP contribution in [0.2, 0.25) is 5.02 Å². The molecule has 0 aliphatic carbocycles. The number of benzene rings is 3. The van der Waals surface area contributed by atoms with Crippen molar-refractivity contribution in [2.75, 3.05) is 13.2 Å². The van der Waals surface area contributed by atoms with Gasteiger partial charge in [0.25, 0.3) is 0 Å². The number of carboxylic acids is 1. The zero-order valence-electron chi connectivity index (χ0n) is 17.5. The summed E-state index contributed by atoms with van der Waals surface area (Å²) in [5.74, 6) is -1.24. The number of halogens is 2. The van der Waals surface area contributed by atoms with Gasteiger partial charge in [-0.3, -0.25) is 4.90 Å². The first-order valence-electron chi connectivity index (χ1n) is 10.3. The molecule has 6 nitrogen and oxygen atoms in total. The highest BCUT2D eigenvalue weighted by molar-refractivity contribution is 6.30. The minimum absolute atomic E-state index is 0.0943. The molecule has 1 aliphatic rings. The summed E-state index contributed by atoms with van der Waals surface area (Å²) in [5.41, 5.74) is 2.78. The van der Waals surface area contributed by atoms with Gasteiger partial charge in [0.05, 0.1) is 6.04 Å². The second kappa shape index (κ2) is 9.92. The summed E-state index contributed by atoms with van der Waals surface area (Å²) in [5, 5.41) is 9.45. The Morgan fingerprint density at radius 1 is 1.06 bits per heavy atom. The lowest BCUT2D eigenvalue weighted by Crippen LogP contribution is -2.41. The number of ether oxygens (including phenoxy) is 2. The van der Waals surface area contributed by atoms with Gasteiger partial charge in [-0.25, -0.2) is 14.0 Å². The highest BCUT2D eigenvalue weighted by Gasteiger charge is 2.35. The Morgan fingerprint density at radius 3 is 2.61 bits per heavy atom. The predicted molar refractivity (Wildman–Crippen MR) is 120 cm³/mol. The average molecular weight is 470 g/mol. The molecule has 1 heterocycles. The minimum atomic E-state index is -1.14. The molecule has 33 heavy (non-hydrogen) atoms. The predicted octanol–water partition coefficient (Wildman–Crippen LogP) is 5.23. The van der Waals surface area contributed by atoms with Gasteiger partial charge < -0.3 is 14.6 Å². The molecule has 0 fully saturated rings. The molecular weight excluding hydrogens is 449 g/mol. The van der Waals surface area contributed by atoms with E-state index in [9.17, 15) is 14.0 Å². The van der Waals surface area contributed by atoms with E-state index in [1.54, 1.807) is 24.3 Å². The van der Waals surface area contributed by atoms with Gasteiger partial charge in [-0.15, -0.1) is 0 Å². The SMILES string of the molecule is O=C(O)COc1ccc(Cl)cc1[C@@H]1c2ccc(F)cc2CCN1C(=O)OCc1ccccc1. The fraction of sp³-hybridized carbons (Fsp3) is 0.200. The molecule has 0 spiro atoms. The molecule has 0 radical (unpaired) electrons. The highest BCUT2D eigenvalue weighted by Crippen LogP contribution is 2.41. The maximum absolute atomic E-state index is 13.9. The van der Waals surface area contributed by atoms with Gasteiger partial charge in [-0.2, -0.15) is 0 Å². The second-order valence-corrected chi connectivity index (χ2v) is 8.03. The first-order chi connectivity index (χ1) is 15.9. The first-order valence-corrected chi connectivity index (χ1v) is 10.7. The number of rotatable bonds is 6. The first kappa shape index (κ1) is 22.6. The molecule has 1 atom stereocenters. The molecule has 0 saturated heterocycles. The molecule has 170 valence electrons.